The van der Waals surface area contributed by atoms with Crippen LogP contribution in [0, 0.1) is 18.9 Å². The fourth-order valence-electron chi connectivity index (χ4n) is 1.52. The molecule has 0 saturated heterocycles. The van der Waals surface area contributed by atoms with Gasteiger partial charge in [0.05, 0.1) is 5.75 Å². The fourth-order valence-corrected chi connectivity index (χ4v) is 2.73. The average molecular weight is 220 g/mol. The molecule has 2 atom stereocenters. The number of rotatable bonds is 6. The van der Waals surface area contributed by atoms with Crippen LogP contribution in [0.4, 0.5) is 0 Å². The molecule has 0 bridgehead atoms. The van der Waals surface area contributed by atoms with Gasteiger partial charge in [-0.2, -0.15) is 0 Å². The summed E-state index contributed by atoms with van der Waals surface area (Å²) in [7, 11) is 2.76. The first-order valence-corrected chi connectivity index (χ1v) is 7.01. The van der Waals surface area contributed by atoms with Crippen LogP contribution in [0.25, 0.3) is 0 Å². The van der Waals surface area contributed by atoms with Crippen molar-refractivity contribution in [2.45, 2.75) is 20.3 Å². The van der Waals surface area contributed by atoms with E-state index in [0.29, 0.717) is 5.92 Å². The maximum atomic E-state index is 11.2. The molecule has 2 unspecified atom stereocenters. The van der Waals surface area contributed by atoms with Crippen molar-refractivity contribution < 1.29 is 8.42 Å². The molecule has 0 amide bonds. The van der Waals surface area contributed by atoms with Gasteiger partial charge in [0.2, 0.25) is 0 Å². The summed E-state index contributed by atoms with van der Waals surface area (Å²) < 4.78 is 22.4. The summed E-state index contributed by atoms with van der Waals surface area (Å²) in [5, 5.41) is 0. The minimum Gasteiger partial charge on any atom is -0.462 e. The van der Waals surface area contributed by atoms with Crippen LogP contribution in [-0.2, 0) is 9.84 Å². The van der Waals surface area contributed by atoms with E-state index >= 15 is 0 Å². The Hall–Kier alpha value is -0.0900. The average Bonchev–Trinajstić information content (AvgIpc) is 1.98. The highest BCUT2D eigenvalue weighted by Crippen LogP contribution is 2.17. The minimum absolute atomic E-state index is 0.192. The lowest BCUT2D eigenvalue weighted by Crippen LogP contribution is -2.30. The summed E-state index contributed by atoms with van der Waals surface area (Å²) in [5.41, 5.74) is 0. The SMILES string of the molecule is [CH2-]N(C)CC(CS(C)(=O)=O)C(C)CC. The summed E-state index contributed by atoms with van der Waals surface area (Å²) in [6.07, 6.45) is 2.31. The van der Waals surface area contributed by atoms with Crippen molar-refractivity contribution in [3.05, 3.63) is 7.05 Å². The second-order valence-corrected chi connectivity index (χ2v) is 6.46. The van der Waals surface area contributed by atoms with Gasteiger partial charge in [0, 0.05) is 6.26 Å². The molecule has 0 heterocycles. The molecule has 14 heavy (non-hydrogen) atoms. The molecule has 0 rings (SSSR count). The summed E-state index contributed by atoms with van der Waals surface area (Å²) in [4.78, 5) is 1.81. The van der Waals surface area contributed by atoms with Gasteiger partial charge in [-0.3, -0.25) is 7.05 Å². The molecule has 0 aromatic carbocycles. The van der Waals surface area contributed by atoms with Crippen molar-refractivity contribution in [2.75, 3.05) is 25.6 Å². The summed E-state index contributed by atoms with van der Waals surface area (Å²) in [6.45, 7) is 4.92. The minimum atomic E-state index is -2.88. The maximum Gasteiger partial charge on any atom is 0.147 e. The van der Waals surface area contributed by atoms with Gasteiger partial charge in [-0.05, 0) is 25.4 Å². The molecule has 0 aromatic heterocycles. The van der Waals surface area contributed by atoms with E-state index in [1.807, 2.05) is 11.9 Å². The van der Waals surface area contributed by atoms with Crippen LogP contribution in [0.15, 0.2) is 0 Å². The van der Waals surface area contributed by atoms with Gasteiger partial charge in [-0.25, -0.2) is 8.42 Å². The number of hydrogen-bond acceptors (Lipinski definition) is 3. The highest BCUT2D eigenvalue weighted by molar-refractivity contribution is 7.90. The Morgan fingerprint density at radius 2 is 1.93 bits per heavy atom. The van der Waals surface area contributed by atoms with Gasteiger partial charge >= 0.3 is 0 Å². The van der Waals surface area contributed by atoms with E-state index in [2.05, 4.69) is 20.9 Å². The first-order chi connectivity index (χ1) is 6.26. The highest BCUT2D eigenvalue weighted by Gasteiger charge is 2.20. The van der Waals surface area contributed by atoms with Crippen molar-refractivity contribution in [1.29, 1.82) is 0 Å². The van der Waals surface area contributed by atoms with E-state index < -0.39 is 9.84 Å². The Morgan fingerprint density at radius 3 is 2.21 bits per heavy atom. The normalized spacial score (nSPS) is 17.0. The van der Waals surface area contributed by atoms with Gasteiger partial charge in [0.1, 0.15) is 9.84 Å². The first kappa shape index (κ1) is 13.9. The van der Waals surface area contributed by atoms with E-state index in [0.717, 1.165) is 13.0 Å². The third-order valence-corrected chi connectivity index (χ3v) is 3.55. The topological polar surface area (TPSA) is 37.4 Å². The summed E-state index contributed by atoms with van der Waals surface area (Å²) in [5.74, 6) is 0.883. The Kier molecular flexibility index (Phi) is 5.67. The van der Waals surface area contributed by atoms with Crippen molar-refractivity contribution in [3.63, 3.8) is 0 Å². The van der Waals surface area contributed by atoms with E-state index in [-0.39, 0.29) is 11.7 Å². The lowest BCUT2D eigenvalue weighted by Gasteiger charge is -2.29. The Bertz CT molecular complexity index is 247. The van der Waals surface area contributed by atoms with Crippen LogP contribution in [0.1, 0.15) is 20.3 Å². The molecule has 3 nitrogen and oxygen atoms in total. The third-order valence-electron chi connectivity index (χ3n) is 2.51. The molecule has 0 aliphatic rings. The van der Waals surface area contributed by atoms with Crippen molar-refractivity contribution in [2.24, 2.45) is 11.8 Å². The molecular formula is C10H22NO2S-. The molecule has 0 aromatic rings. The summed E-state index contributed by atoms with van der Waals surface area (Å²) in [6, 6.07) is 0. The highest BCUT2D eigenvalue weighted by atomic mass is 32.2. The van der Waals surface area contributed by atoms with Crippen LogP contribution in [0.5, 0.6) is 0 Å². The molecular weight excluding hydrogens is 198 g/mol. The lowest BCUT2D eigenvalue weighted by atomic mass is 9.93. The van der Waals surface area contributed by atoms with Crippen LogP contribution < -0.4 is 0 Å². The zero-order valence-electron chi connectivity index (χ0n) is 9.66. The maximum absolute atomic E-state index is 11.2. The molecule has 0 N–H and O–H groups in total. The number of hydrogen-bond donors (Lipinski definition) is 0. The predicted octanol–water partition coefficient (Wildman–Crippen LogP) is 1.42. The molecule has 86 valence electrons. The van der Waals surface area contributed by atoms with E-state index in [1.54, 1.807) is 0 Å². The van der Waals surface area contributed by atoms with E-state index in [4.69, 9.17) is 0 Å². The monoisotopic (exact) mass is 220 g/mol. The second kappa shape index (κ2) is 5.71. The van der Waals surface area contributed by atoms with Gasteiger partial charge in [0.25, 0.3) is 0 Å². The van der Waals surface area contributed by atoms with E-state index in [9.17, 15) is 8.42 Å². The quantitative estimate of drug-likeness (QED) is 0.635. The van der Waals surface area contributed by atoms with Crippen molar-refractivity contribution in [3.8, 4) is 0 Å². The summed E-state index contributed by atoms with van der Waals surface area (Å²) >= 11 is 0. The zero-order chi connectivity index (χ0) is 11.4. The van der Waals surface area contributed by atoms with Gasteiger partial charge in [-0.15, -0.1) is 0 Å². The first-order valence-electron chi connectivity index (χ1n) is 4.95. The van der Waals surface area contributed by atoms with Crippen molar-refractivity contribution >= 4 is 9.84 Å². The Labute approximate surface area is 88.4 Å². The van der Waals surface area contributed by atoms with Gasteiger partial charge < -0.3 is 4.90 Å². The number of sulfone groups is 1. The largest absolute Gasteiger partial charge is 0.462 e. The molecule has 4 heteroatoms. The number of nitrogens with zero attached hydrogens (tertiary/aromatic N) is 1. The predicted molar refractivity (Wildman–Crippen MR) is 60.6 cm³/mol. The Balaban J connectivity index is 4.40. The van der Waals surface area contributed by atoms with Crippen molar-refractivity contribution in [1.82, 2.24) is 4.90 Å². The van der Waals surface area contributed by atoms with Gasteiger partial charge in [-0.1, -0.05) is 20.3 Å². The second-order valence-electron chi connectivity index (χ2n) is 4.28. The fraction of sp³-hybridized carbons (Fsp3) is 0.900. The van der Waals surface area contributed by atoms with Crippen LogP contribution in [-0.4, -0.2) is 38.9 Å². The van der Waals surface area contributed by atoms with Gasteiger partial charge in [0.15, 0.2) is 0 Å². The molecule has 0 saturated carbocycles. The van der Waals surface area contributed by atoms with E-state index in [1.165, 1.54) is 6.26 Å². The molecule has 0 radical (unpaired) electrons. The third kappa shape index (κ3) is 6.38. The zero-order valence-corrected chi connectivity index (χ0v) is 10.5. The Morgan fingerprint density at radius 1 is 1.43 bits per heavy atom. The molecule has 0 aliphatic heterocycles. The smallest absolute Gasteiger partial charge is 0.147 e. The molecule has 0 spiro atoms. The molecule has 0 fully saturated rings. The van der Waals surface area contributed by atoms with Crippen LogP contribution in [0.2, 0.25) is 0 Å². The lowest BCUT2D eigenvalue weighted by molar-refractivity contribution is 0.288. The van der Waals surface area contributed by atoms with Crippen LogP contribution in [0.3, 0.4) is 0 Å². The standard InChI is InChI=1S/C10H22NO2S/c1-6-9(2)10(7-11(3)4)8-14(5,12)13/h9-10H,3,6-8H2,1-2,4-5H3/q-1. The molecule has 0 aliphatic carbocycles. The van der Waals surface area contributed by atoms with Crippen LogP contribution >= 0.6 is 0 Å².